The molecule has 0 atom stereocenters. The van der Waals surface area contributed by atoms with Crippen LogP contribution in [-0.4, -0.2) is 27.4 Å². The lowest BCUT2D eigenvalue weighted by atomic mass is 9.94. The molecule has 21 heavy (non-hydrogen) atoms. The third kappa shape index (κ3) is 4.77. The number of benzene rings is 1. The molecule has 1 heterocycles. The Hall–Kier alpha value is -0.960. The van der Waals surface area contributed by atoms with Crippen LogP contribution in [0, 0.1) is 5.92 Å². The second-order valence-corrected chi connectivity index (χ2v) is 7.55. The highest BCUT2D eigenvalue weighted by Gasteiger charge is 2.18. The van der Waals surface area contributed by atoms with Crippen molar-refractivity contribution in [3.63, 3.8) is 0 Å². The van der Waals surface area contributed by atoms with Crippen LogP contribution in [0.15, 0.2) is 27.6 Å². The van der Waals surface area contributed by atoms with Crippen LogP contribution in [0.25, 0.3) is 0 Å². The minimum Gasteiger partial charge on any atom is -0.325 e. The summed E-state index contributed by atoms with van der Waals surface area (Å²) in [6, 6.07) is 4.29. The van der Waals surface area contributed by atoms with E-state index < -0.39 is 10.0 Å². The fourth-order valence-corrected chi connectivity index (χ4v) is 3.49. The van der Waals surface area contributed by atoms with Crippen LogP contribution in [-0.2, 0) is 14.8 Å². The average Bonchev–Trinajstić information content (AvgIpc) is 2.41. The van der Waals surface area contributed by atoms with Gasteiger partial charge in [0.25, 0.3) is 0 Å². The summed E-state index contributed by atoms with van der Waals surface area (Å²) in [6.45, 7) is 1.90. The number of primary sulfonamides is 1. The largest absolute Gasteiger partial charge is 0.325 e. The molecule has 1 aliphatic heterocycles. The number of carbonyl (C=O) groups excluding carboxylic acids is 1. The lowest BCUT2D eigenvalue weighted by Gasteiger charge is -2.22. The second-order valence-electron chi connectivity index (χ2n) is 5.13. The molecule has 4 N–H and O–H groups in total. The van der Waals surface area contributed by atoms with E-state index in [2.05, 4.69) is 26.6 Å². The smallest absolute Gasteiger partial charge is 0.238 e. The van der Waals surface area contributed by atoms with Gasteiger partial charge in [0.1, 0.15) is 0 Å². The summed E-state index contributed by atoms with van der Waals surface area (Å²) in [5.74, 6) is 0.333. The van der Waals surface area contributed by atoms with Gasteiger partial charge in [-0.3, -0.25) is 4.79 Å². The van der Waals surface area contributed by atoms with E-state index in [-0.39, 0.29) is 10.8 Å². The molecule has 0 radical (unpaired) electrons. The van der Waals surface area contributed by atoms with Crippen molar-refractivity contribution < 1.29 is 13.2 Å². The molecule has 1 aromatic carbocycles. The van der Waals surface area contributed by atoms with E-state index in [4.69, 9.17) is 5.14 Å². The zero-order valence-corrected chi connectivity index (χ0v) is 13.8. The first-order valence-electron chi connectivity index (χ1n) is 6.69. The minimum atomic E-state index is -3.74. The molecule has 1 saturated heterocycles. The molecule has 1 aromatic rings. The van der Waals surface area contributed by atoms with Crippen LogP contribution in [0.2, 0.25) is 0 Å². The van der Waals surface area contributed by atoms with Crippen LogP contribution in [0.4, 0.5) is 5.69 Å². The monoisotopic (exact) mass is 375 g/mol. The van der Waals surface area contributed by atoms with Gasteiger partial charge in [-0.15, -0.1) is 0 Å². The molecule has 8 heteroatoms. The highest BCUT2D eigenvalue weighted by molar-refractivity contribution is 9.10. The van der Waals surface area contributed by atoms with Gasteiger partial charge in [0.15, 0.2) is 0 Å². The zero-order chi connectivity index (χ0) is 15.5. The summed E-state index contributed by atoms with van der Waals surface area (Å²) in [5.41, 5.74) is 0.543. The van der Waals surface area contributed by atoms with E-state index in [9.17, 15) is 13.2 Å². The molecular weight excluding hydrogens is 358 g/mol. The molecular formula is C13H18BrN3O3S. The highest BCUT2D eigenvalue weighted by Crippen LogP contribution is 2.26. The number of piperidine rings is 1. The third-order valence-electron chi connectivity index (χ3n) is 3.48. The lowest BCUT2D eigenvalue weighted by molar-refractivity contribution is -0.117. The standard InChI is InChI=1S/C13H18BrN3O3S/c14-11-8-10(21(15,19)20)1-2-12(11)17-13(18)7-9-3-5-16-6-4-9/h1-2,8-9,16H,3-7H2,(H,17,18)(H2,15,19,20). The van der Waals surface area contributed by atoms with Gasteiger partial charge in [-0.05, 0) is 66.0 Å². The molecule has 0 aliphatic carbocycles. The Balaban J connectivity index is 2.00. The number of hydrogen-bond acceptors (Lipinski definition) is 4. The maximum Gasteiger partial charge on any atom is 0.238 e. The highest BCUT2D eigenvalue weighted by atomic mass is 79.9. The van der Waals surface area contributed by atoms with Crippen molar-refractivity contribution in [2.75, 3.05) is 18.4 Å². The lowest BCUT2D eigenvalue weighted by Crippen LogP contribution is -2.30. The topological polar surface area (TPSA) is 101 Å². The van der Waals surface area contributed by atoms with Gasteiger partial charge in [-0.25, -0.2) is 13.6 Å². The maximum atomic E-state index is 12.0. The molecule has 0 spiro atoms. The van der Waals surface area contributed by atoms with Gasteiger partial charge in [-0.2, -0.15) is 0 Å². The van der Waals surface area contributed by atoms with Gasteiger partial charge in [-0.1, -0.05) is 0 Å². The van der Waals surface area contributed by atoms with Crippen molar-refractivity contribution >= 4 is 37.5 Å². The number of amides is 1. The molecule has 1 fully saturated rings. The van der Waals surface area contributed by atoms with Crippen LogP contribution in [0.1, 0.15) is 19.3 Å². The van der Waals surface area contributed by atoms with Crippen LogP contribution in [0.3, 0.4) is 0 Å². The predicted octanol–water partition coefficient (Wildman–Crippen LogP) is 1.42. The van der Waals surface area contributed by atoms with E-state index >= 15 is 0 Å². The maximum absolute atomic E-state index is 12.0. The summed E-state index contributed by atoms with van der Waals surface area (Å²) in [4.78, 5) is 12.0. The minimum absolute atomic E-state index is 0.00530. The molecule has 0 unspecified atom stereocenters. The Labute approximate surface area is 132 Å². The third-order valence-corrected chi connectivity index (χ3v) is 5.04. The molecule has 1 amide bonds. The second kappa shape index (κ2) is 6.87. The summed E-state index contributed by atoms with van der Waals surface area (Å²) in [5, 5.41) is 11.1. The van der Waals surface area contributed by atoms with E-state index in [1.807, 2.05) is 0 Å². The number of nitrogens with two attached hydrogens (primary N) is 1. The van der Waals surface area contributed by atoms with E-state index in [0.29, 0.717) is 22.5 Å². The Kier molecular flexibility index (Phi) is 5.37. The molecule has 0 aromatic heterocycles. The quantitative estimate of drug-likeness (QED) is 0.740. The first-order chi connectivity index (χ1) is 9.86. The zero-order valence-electron chi connectivity index (χ0n) is 11.4. The normalized spacial score (nSPS) is 16.7. The number of carbonyl (C=O) groups is 1. The summed E-state index contributed by atoms with van der Waals surface area (Å²) < 4.78 is 23.0. The Bertz CT molecular complexity index is 628. The van der Waals surface area contributed by atoms with Crippen molar-refractivity contribution in [2.24, 2.45) is 11.1 Å². The van der Waals surface area contributed by atoms with Crippen molar-refractivity contribution in [3.8, 4) is 0 Å². The van der Waals surface area contributed by atoms with Gasteiger partial charge in [0.2, 0.25) is 15.9 Å². The summed E-state index contributed by atoms with van der Waals surface area (Å²) >= 11 is 3.25. The Morgan fingerprint density at radius 3 is 2.62 bits per heavy atom. The predicted molar refractivity (Wildman–Crippen MR) is 84.4 cm³/mol. The van der Waals surface area contributed by atoms with Crippen LogP contribution >= 0.6 is 15.9 Å². The number of hydrogen-bond donors (Lipinski definition) is 3. The number of sulfonamides is 1. The van der Waals surface area contributed by atoms with Gasteiger partial charge >= 0.3 is 0 Å². The number of rotatable bonds is 4. The van der Waals surface area contributed by atoms with Crippen molar-refractivity contribution in [1.29, 1.82) is 0 Å². The molecule has 0 saturated carbocycles. The number of halogens is 1. The fourth-order valence-electron chi connectivity index (χ4n) is 2.32. The SMILES string of the molecule is NS(=O)(=O)c1ccc(NC(=O)CC2CCNCC2)c(Br)c1. The Morgan fingerprint density at radius 1 is 1.38 bits per heavy atom. The number of anilines is 1. The summed E-state index contributed by atoms with van der Waals surface area (Å²) in [7, 11) is -3.74. The molecule has 6 nitrogen and oxygen atoms in total. The van der Waals surface area contributed by atoms with Crippen LogP contribution in [0.5, 0.6) is 0 Å². The van der Waals surface area contributed by atoms with Crippen molar-refractivity contribution in [2.45, 2.75) is 24.2 Å². The molecule has 0 bridgehead atoms. The Morgan fingerprint density at radius 2 is 2.05 bits per heavy atom. The first-order valence-corrected chi connectivity index (χ1v) is 9.03. The first kappa shape index (κ1) is 16.4. The molecule has 2 rings (SSSR count). The summed E-state index contributed by atoms with van der Waals surface area (Å²) in [6.07, 6.45) is 2.48. The van der Waals surface area contributed by atoms with Gasteiger partial charge in [0, 0.05) is 10.9 Å². The molecule has 116 valence electrons. The van der Waals surface area contributed by atoms with Crippen LogP contribution < -0.4 is 15.8 Å². The van der Waals surface area contributed by atoms with E-state index in [1.54, 1.807) is 0 Å². The number of nitrogens with one attached hydrogen (secondary N) is 2. The van der Waals surface area contributed by atoms with E-state index in [0.717, 1.165) is 25.9 Å². The molecule has 1 aliphatic rings. The fraction of sp³-hybridized carbons (Fsp3) is 0.462. The van der Waals surface area contributed by atoms with Gasteiger partial charge < -0.3 is 10.6 Å². The van der Waals surface area contributed by atoms with Crippen molar-refractivity contribution in [3.05, 3.63) is 22.7 Å². The van der Waals surface area contributed by atoms with Crippen molar-refractivity contribution in [1.82, 2.24) is 5.32 Å². The average molecular weight is 376 g/mol. The van der Waals surface area contributed by atoms with Gasteiger partial charge in [0.05, 0.1) is 10.6 Å². The van der Waals surface area contributed by atoms with E-state index in [1.165, 1.54) is 18.2 Å².